The largest absolute Gasteiger partial charge is 0.350 e. The van der Waals surface area contributed by atoms with Crippen molar-refractivity contribution >= 4 is 33.4 Å². The van der Waals surface area contributed by atoms with Crippen molar-refractivity contribution in [3.63, 3.8) is 0 Å². The van der Waals surface area contributed by atoms with Crippen molar-refractivity contribution in [2.45, 2.75) is 12.5 Å². The molecule has 7 nitrogen and oxygen atoms in total. The van der Waals surface area contributed by atoms with Gasteiger partial charge in [-0.1, -0.05) is 23.7 Å². The SMILES string of the molecule is CS(=O)(=O)NC1CCN(CCNC(=O)c2ccccc2Cl)C1=O. The lowest BCUT2D eigenvalue weighted by Gasteiger charge is -2.17. The van der Waals surface area contributed by atoms with Crippen LogP contribution in [0.1, 0.15) is 16.8 Å². The van der Waals surface area contributed by atoms with Gasteiger partial charge in [0.05, 0.1) is 16.8 Å². The van der Waals surface area contributed by atoms with Gasteiger partial charge in [-0.2, -0.15) is 0 Å². The second kappa shape index (κ2) is 7.29. The summed E-state index contributed by atoms with van der Waals surface area (Å²) in [7, 11) is -3.42. The smallest absolute Gasteiger partial charge is 0.252 e. The van der Waals surface area contributed by atoms with Gasteiger partial charge in [-0.15, -0.1) is 0 Å². The van der Waals surface area contributed by atoms with Crippen molar-refractivity contribution in [3.05, 3.63) is 34.9 Å². The number of rotatable bonds is 6. The molecule has 1 saturated heterocycles. The molecule has 1 heterocycles. The number of likely N-dealkylation sites (tertiary alicyclic amines) is 1. The first-order chi connectivity index (χ1) is 10.8. The Morgan fingerprint density at radius 2 is 2.09 bits per heavy atom. The third-order valence-corrected chi connectivity index (χ3v) is 4.48. The van der Waals surface area contributed by atoms with Crippen molar-refractivity contribution in [2.75, 3.05) is 25.9 Å². The summed E-state index contributed by atoms with van der Waals surface area (Å²) in [6.45, 7) is 1.03. The zero-order valence-electron chi connectivity index (χ0n) is 12.6. The van der Waals surface area contributed by atoms with E-state index >= 15 is 0 Å². The number of sulfonamides is 1. The lowest BCUT2D eigenvalue weighted by atomic mass is 10.2. The van der Waals surface area contributed by atoms with Crippen molar-refractivity contribution < 1.29 is 18.0 Å². The van der Waals surface area contributed by atoms with Gasteiger partial charge in [-0.05, 0) is 18.6 Å². The Bertz CT molecular complexity index is 708. The number of halogens is 1. The van der Waals surface area contributed by atoms with Crippen LogP contribution < -0.4 is 10.0 Å². The van der Waals surface area contributed by atoms with Gasteiger partial charge < -0.3 is 10.2 Å². The molecule has 0 spiro atoms. The lowest BCUT2D eigenvalue weighted by Crippen LogP contribution is -2.43. The van der Waals surface area contributed by atoms with Crippen LogP contribution in [-0.2, 0) is 14.8 Å². The molecule has 1 aromatic rings. The molecule has 126 valence electrons. The number of hydrogen-bond donors (Lipinski definition) is 2. The molecule has 0 saturated carbocycles. The average Bonchev–Trinajstić information content (AvgIpc) is 2.79. The fraction of sp³-hybridized carbons (Fsp3) is 0.429. The number of carbonyl (C=O) groups excluding carboxylic acids is 2. The highest BCUT2D eigenvalue weighted by Gasteiger charge is 2.33. The maximum atomic E-state index is 12.0. The Hall–Kier alpha value is -1.64. The number of nitrogens with zero attached hydrogens (tertiary/aromatic N) is 1. The molecule has 2 N–H and O–H groups in total. The molecular formula is C14H18ClN3O4S. The molecule has 1 aromatic carbocycles. The third-order valence-electron chi connectivity index (χ3n) is 3.44. The van der Waals surface area contributed by atoms with Crippen LogP contribution in [0.2, 0.25) is 5.02 Å². The molecule has 0 aromatic heterocycles. The summed E-state index contributed by atoms with van der Waals surface area (Å²) in [5.74, 6) is -0.588. The number of amides is 2. The highest BCUT2D eigenvalue weighted by atomic mass is 35.5. The second-order valence-corrected chi connectivity index (χ2v) is 7.48. The summed E-state index contributed by atoms with van der Waals surface area (Å²) in [6.07, 6.45) is 1.44. The molecule has 1 aliphatic heterocycles. The third kappa shape index (κ3) is 4.92. The Morgan fingerprint density at radius 1 is 1.39 bits per heavy atom. The summed E-state index contributed by atoms with van der Waals surface area (Å²) < 4.78 is 24.7. The maximum Gasteiger partial charge on any atom is 0.252 e. The van der Waals surface area contributed by atoms with E-state index in [1.807, 2.05) is 0 Å². The number of hydrogen-bond acceptors (Lipinski definition) is 4. The molecule has 23 heavy (non-hydrogen) atoms. The Labute approximate surface area is 140 Å². The average molecular weight is 360 g/mol. The second-order valence-electron chi connectivity index (χ2n) is 5.29. The zero-order chi connectivity index (χ0) is 17.0. The monoisotopic (exact) mass is 359 g/mol. The minimum Gasteiger partial charge on any atom is -0.350 e. The number of nitrogens with one attached hydrogen (secondary N) is 2. The van der Waals surface area contributed by atoms with E-state index in [1.54, 1.807) is 24.3 Å². The van der Waals surface area contributed by atoms with Crippen molar-refractivity contribution in [1.82, 2.24) is 14.9 Å². The Balaban J connectivity index is 1.82. The standard InChI is InChI=1S/C14H18ClN3O4S/c1-23(21,22)17-12-6-8-18(14(12)20)9-7-16-13(19)10-4-2-3-5-11(10)15/h2-5,12,17H,6-9H2,1H3,(H,16,19). The van der Waals surface area contributed by atoms with E-state index in [0.717, 1.165) is 6.26 Å². The van der Waals surface area contributed by atoms with E-state index in [0.29, 0.717) is 30.1 Å². The highest BCUT2D eigenvalue weighted by molar-refractivity contribution is 7.88. The van der Waals surface area contributed by atoms with Gasteiger partial charge in [0.2, 0.25) is 15.9 Å². The van der Waals surface area contributed by atoms with E-state index in [-0.39, 0.29) is 18.4 Å². The molecule has 1 unspecified atom stereocenters. The van der Waals surface area contributed by atoms with Crippen molar-refractivity contribution in [3.8, 4) is 0 Å². The van der Waals surface area contributed by atoms with Crippen LogP contribution >= 0.6 is 11.6 Å². The molecule has 0 aliphatic carbocycles. The quantitative estimate of drug-likeness (QED) is 0.759. The molecule has 2 amide bonds. The summed E-state index contributed by atoms with van der Waals surface area (Å²) >= 11 is 5.94. The van der Waals surface area contributed by atoms with E-state index in [4.69, 9.17) is 11.6 Å². The predicted molar refractivity (Wildman–Crippen MR) is 86.7 cm³/mol. The van der Waals surface area contributed by atoms with Crippen molar-refractivity contribution in [1.29, 1.82) is 0 Å². The first-order valence-electron chi connectivity index (χ1n) is 7.07. The van der Waals surface area contributed by atoms with Gasteiger partial charge in [-0.25, -0.2) is 13.1 Å². The summed E-state index contributed by atoms with van der Waals surface area (Å²) in [5, 5.41) is 3.06. The Kier molecular flexibility index (Phi) is 5.61. The van der Waals surface area contributed by atoms with Crippen LogP contribution in [0, 0.1) is 0 Å². The number of benzene rings is 1. The van der Waals surface area contributed by atoms with Crippen LogP contribution in [0.15, 0.2) is 24.3 Å². The summed E-state index contributed by atoms with van der Waals surface area (Å²) in [6, 6.07) is 5.97. The predicted octanol–water partition coefficient (Wildman–Crippen LogP) is 0.220. The van der Waals surface area contributed by atoms with E-state index in [9.17, 15) is 18.0 Å². The maximum absolute atomic E-state index is 12.0. The molecule has 1 aliphatic rings. The van der Waals surface area contributed by atoms with Crippen LogP contribution in [0.25, 0.3) is 0 Å². The van der Waals surface area contributed by atoms with Gasteiger partial charge in [0, 0.05) is 19.6 Å². The summed E-state index contributed by atoms with van der Waals surface area (Å²) in [4.78, 5) is 25.6. The molecule has 1 fully saturated rings. The van der Waals surface area contributed by atoms with E-state index in [2.05, 4.69) is 10.0 Å². The fourth-order valence-electron chi connectivity index (χ4n) is 2.37. The van der Waals surface area contributed by atoms with E-state index < -0.39 is 16.1 Å². The topological polar surface area (TPSA) is 95.6 Å². The molecular weight excluding hydrogens is 342 g/mol. The van der Waals surface area contributed by atoms with Crippen molar-refractivity contribution in [2.24, 2.45) is 0 Å². The molecule has 2 rings (SSSR count). The number of carbonyl (C=O) groups is 2. The van der Waals surface area contributed by atoms with Gasteiger partial charge in [0.25, 0.3) is 5.91 Å². The van der Waals surface area contributed by atoms with E-state index in [1.165, 1.54) is 4.90 Å². The minimum absolute atomic E-state index is 0.265. The highest BCUT2D eigenvalue weighted by Crippen LogP contribution is 2.14. The molecule has 0 radical (unpaired) electrons. The van der Waals surface area contributed by atoms with Gasteiger partial charge in [-0.3, -0.25) is 9.59 Å². The van der Waals surface area contributed by atoms with Crippen LogP contribution in [0.5, 0.6) is 0 Å². The van der Waals surface area contributed by atoms with Crippen LogP contribution in [-0.4, -0.2) is 57.1 Å². The van der Waals surface area contributed by atoms with Crippen LogP contribution in [0.3, 0.4) is 0 Å². The molecule has 9 heteroatoms. The molecule has 0 bridgehead atoms. The zero-order valence-corrected chi connectivity index (χ0v) is 14.2. The molecule has 1 atom stereocenters. The van der Waals surface area contributed by atoms with Gasteiger partial charge >= 0.3 is 0 Å². The Morgan fingerprint density at radius 3 is 2.74 bits per heavy atom. The first-order valence-corrected chi connectivity index (χ1v) is 9.33. The van der Waals surface area contributed by atoms with Crippen LogP contribution in [0.4, 0.5) is 0 Å². The fourth-order valence-corrected chi connectivity index (χ4v) is 3.33. The summed E-state index contributed by atoms with van der Waals surface area (Å²) in [5.41, 5.74) is 0.374. The van der Waals surface area contributed by atoms with Gasteiger partial charge in [0.1, 0.15) is 6.04 Å². The first kappa shape index (κ1) is 17.7. The normalized spacial score (nSPS) is 18.3. The minimum atomic E-state index is -3.42. The lowest BCUT2D eigenvalue weighted by molar-refractivity contribution is -0.129. The van der Waals surface area contributed by atoms with Gasteiger partial charge in [0.15, 0.2) is 0 Å².